The van der Waals surface area contributed by atoms with Gasteiger partial charge in [0.05, 0.1) is 18.8 Å². The fourth-order valence-electron chi connectivity index (χ4n) is 2.45. The van der Waals surface area contributed by atoms with Gasteiger partial charge in [0, 0.05) is 5.56 Å². The molecular weight excluding hydrogens is 286 g/mol. The Bertz CT molecular complexity index is 512. The summed E-state index contributed by atoms with van der Waals surface area (Å²) in [5.41, 5.74) is 1.75. The smallest absolute Gasteiger partial charge is 0.232 e. The first-order chi connectivity index (χ1) is 10.1. The molecule has 5 heteroatoms. The first-order valence-electron chi connectivity index (χ1n) is 7.31. The third kappa shape index (κ3) is 3.64. The van der Waals surface area contributed by atoms with Crippen LogP contribution in [0.15, 0.2) is 12.1 Å². The number of phenols is 1. The molecular formula is C16H23NO3S. The fourth-order valence-corrected chi connectivity index (χ4v) is 2.88. The lowest BCUT2D eigenvalue weighted by atomic mass is 10.0. The molecule has 0 aliphatic carbocycles. The van der Waals surface area contributed by atoms with E-state index in [1.807, 2.05) is 30.2 Å². The summed E-state index contributed by atoms with van der Waals surface area (Å²) in [5, 5.41) is 10.2. The molecule has 1 aromatic rings. The minimum Gasteiger partial charge on any atom is -0.507 e. The lowest BCUT2D eigenvalue weighted by Gasteiger charge is -2.39. The van der Waals surface area contributed by atoms with Gasteiger partial charge in [-0.15, -0.1) is 0 Å². The molecule has 0 bridgehead atoms. The minimum atomic E-state index is 0.0333. The van der Waals surface area contributed by atoms with Crippen molar-refractivity contribution in [1.82, 2.24) is 4.90 Å². The van der Waals surface area contributed by atoms with Gasteiger partial charge in [-0.05, 0) is 31.2 Å². The number of nitrogens with zero attached hydrogens (tertiary/aromatic N) is 1. The van der Waals surface area contributed by atoms with Crippen LogP contribution in [0.4, 0.5) is 0 Å². The Hall–Kier alpha value is -1.36. The van der Waals surface area contributed by atoms with Crippen molar-refractivity contribution in [2.75, 3.05) is 25.1 Å². The topological polar surface area (TPSA) is 49.8 Å². The lowest BCUT2D eigenvalue weighted by Crippen LogP contribution is -2.56. The Labute approximate surface area is 130 Å². The van der Waals surface area contributed by atoms with Crippen molar-refractivity contribution < 1.29 is 14.6 Å². The Kier molecular flexibility index (Phi) is 5.39. The number of thioether (sulfide) groups is 1. The molecule has 1 fully saturated rings. The molecule has 0 aromatic heterocycles. The Morgan fingerprint density at radius 2 is 2.19 bits per heavy atom. The molecule has 0 unspecified atom stereocenters. The summed E-state index contributed by atoms with van der Waals surface area (Å²) in [6, 6.07) is 3.85. The average Bonchev–Trinajstić information content (AvgIpc) is 2.41. The van der Waals surface area contributed by atoms with E-state index < -0.39 is 0 Å². The minimum absolute atomic E-state index is 0.0333. The van der Waals surface area contributed by atoms with Crippen molar-refractivity contribution in [3.63, 3.8) is 0 Å². The molecule has 0 spiro atoms. The van der Waals surface area contributed by atoms with Crippen molar-refractivity contribution in [3.8, 4) is 11.5 Å². The molecule has 4 nitrogen and oxygen atoms in total. The Morgan fingerprint density at radius 1 is 1.48 bits per heavy atom. The van der Waals surface area contributed by atoms with Gasteiger partial charge in [0.1, 0.15) is 17.6 Å². The van der Waals surface area contributed by atoms with E-state index in [0.29, 0.717) is 30.3 Å². The number of rotatable bonds is 6. The van der Waals surface area contributed by atoms with Gasteiger partial charge in [0.2, 0.25) is 5.91 Å². The van der Waals surface area contributed by atoms with Gasteiger partial charge in [-0.1, -0.05) is 19.4 Å². The highest BCUT2D eigenvalue weighted by Crippen LogP contribution is 2.32. The molecule has 0 saturated carbocycles. The second-order valence-electron chi connectivity index (χ2n) is 5.42. The molecule has 1 heterocycles. The molecule has 1 amide bonds. The third-order valence-corrected chi connectivity index (χ3v) is 4.28. The van der Waals surface area contributed by atoms with E-state index in [9.17, 15) is 9.90 Å². The van der Waals surface area contributed by atoms with Gasteiger partial charge in [-0.2, -0.15) is 11.8 Å². The van der Waals surface area contributed by atoms with Crippen LogP contribution in [0.1, 0.15) is 24.5 Å². The molecule has 1 saturated heterocycles. The number of carbonyl (C=O) groups is 1. The van der Waals surface area contributed by atoms with Gasteiger partial charge in [-0.3, -0.25) is 4.79 Å². The molecule has 0 atom stereocenters. The van der Waals surface area contributed by atoms with Gasteiger partial charge in [-0.25, -0.2) is 0 Å². The van der Waals surface area contributed by atoms with Crippen LogP contribution < -0.4 is 4.74 Å². The maximum Gasteiger partial charge on any atom is 0.232 e. The SMILES string of the molecule is CCCc1ccc(OC2CN(C(=O)CSC)C2)c(C)c1O. The zero-order chi connectivity index (χ0) is 15.4. The van der Waals surface area contributed by atoms with Crippen LogP contribution >= 0.6 is 11.8 Å². The number of benzene rings is 1. The second kappa shape index (κ2) is 7.07. The maximum atomic E-state index is 11.7. The van der Waals surface area contributed by atoms with Crippen LogP contribution in [-0.4, -0.2) is 47.1 Å². The monoisotopic (exact) mass is 309 g/mol. The average molecular weight is 309 g/mol. The number of amides is 1. The number of aryl methyl sites for hydroxylation is 1. The highest BCUT2D eigenvalue weighted by atomic mass is 32.2. The molecule has 21 heavy (non-hydrogen) atoms. The van der Waals surface area contributed by atoms with Crippen LogP contribution in [0.25, 0.3) is 0 Å². The van der Waals surface area contributed by atoms with Crippen molar-refractivity contribution in [3.05, 3.63) is 23.3 Å². The van der Waals surface area contributed by atoms with Crippen molar-refractivity contribution >= 4 is 17.7 Å². The molecule has 1 N–H and O–H groups in total. The molecule has 1 aliphatic rings. The summed E-state index contributed by atoms with van der Waals surface area (Å²) in [6.07, 6.45) is 3.83. The summed E-state index contributed by atoms with van der Waals surface area (Å²) < 4.78 is 5.89. The van der Waals surface area contributed by atoms with Gasteiger partial charge in [0.15, 0.2) is 0 Å². The zero-order valence-corrected chi connectivity index (χ0v) is 13.7. The second-order valence-corrected chi connectivity index (χ2v) is 6.28. The van der Waals surface area contributed by atoms with Crippen LogP contribution in [0.3, 0.4) is 0 Å². The van der Waals surface area contributed by atoms with E-state index in [1.54, 1.807) is 0 Å². The number of phenolic OH excluding ortho intramolecular Hbond substituents is 1. The highest BCUT2D eigenvalue weighted by molar-refractivity contribution is 7.99. The summed E-state index contributed by atoms with van der Waals surface area (Å²) in [5.74, 6) is 1.75. The van der Waals surface area contributed by atoms with E-state index >= 15 is 0 Å². The van der Waals surface area contributed by atoms with Crippen LogP contribution in [0.5, 0.6) is 11.5 Å². The van der Waals surface area contributed by atoms with Gasteiger partial charge >= 0.3 is 0 Å². The van der Waals surface area contributed by atoms with Crippen LogP contribution in [0.2, 0.25) is 0 Å². The van der Waals surface area contributed by atoms with Crippen molar-refractivity contribution in [2.45, 2.75) is 32.8 Å². The summed E-state index contributed by atoms with van der Waals surface area (Å²) >= 11 is 1.54. The maximum absolute atomic E-state index is 11.7. The normalized spacial score (nSPS) is 14.9. The van der Waals surface area contributed by atoms with Crippen molar-refractivity contribution in [1.29, 1.82) is 0 Å². The Balaban J connectivity index is 1.93. The van der Waals surface area contributed by atoms with Crippen LogP contribution in [-0.2, 0) is 11.2 Å². The summed E-state index contributed by atoms with van der Waals surface area (Å²) in [7, 11) is 0. The Morgan fingerprint density at radius 3 is 2.81 bits per heavy atom. The number of hydrogen-bond acceptors (Lipinski definition) is 4. The van der Waals surface area contributed by atoms with Crippen molar-refractivity contribution in [2.24, 2.45) is 0 Å². The number of ether oxygens (including phenoxy) is 1. The van der Waals surface area contributed by atoms with Gasteiger partial charge in [0.25, 0.3) is 0 Å². The highest BCUT2D eigenvalue weighted by Gasteiger charge is 2.32. The third-order valence-electron chi connectivity index (χ3n) is 3.75. The zero-order valence-electron chi connectivity index (χ0n) is 12.9. The largest absolute Gasteiger partial charge is 0.507 e. The quantitative estimate of drug-likeness (QED) is 0.877. The summed E-state index contributed by atoms with van der Waals surface area (Å²) in [4.78, 5) is 13.5. The van der Waals surface area contributed by atoms with E-state index in [2.05, 4.69) is 6.92 Å². The number of hydrogen-bond donors (Lipinski definition) is 1. The number of carbonyl (C=O) groups excluding carboxylic acids is 1. The van der Waals surface area contributed by atoms with E-state index in [-0.39, 0.29) is 12.0 Å². The predicted octanol–water partition coefficient (Wildman–Crippen LogP) is 2.61. The van der Waals surface area contributed by atoms with E-state index in [1.165, 1.54) is 11.8 Å². The van der Waals surface area contributed by atoms with E-state index in [4.69, 9.17) is 4.74 Å². The number of aromatic hydroxyl groups is 1. The number of likely N-dealkylation sites (tertiary alicyclic amines) is 1. The predicted molar refractivity (Wildman–Crippen MR) is 86.2 cm³/mol. The summed E-state index contributed by atoms with van der Waals surface area (Å²) in [6.45, 7) is 5.24. The molecule has 0 radical (unpaired) electrons. The molecule has 2 rings (SSSR count). The first kappa shape index (κ1) is 16.0. The molecule has 1 aliphatic heterocycles. The molecule has 1 aromatic carbocycles. The standard InChI is InChI=1S/C16H23NO3S/c1-4-5-12-6-7-14(11(2)16(12)19)20-13-8-17(9-13)15(18)10-21-3/h6-7,13,19H,4-5,8-10H2,1-3H3. The first-order valence-corrected chi connectivity index (χ1v) is 8.71. The van der Waals surface area contributed by atoms with Gasteiger partial charge < -0.3 is 14.7 Å². The van der Waals surface area contributed by atoms with Crippen LogP contribution in [0, 0.1) is 6.92 Å². The fraction of sp³-hybridized carbons (Fsp3) is 0.562. The molecule has 116 valence electrons. The lowest BCUT2D eigenvalue weighted by molar-refractivity contribution is -0.137. The van der Waals surface area contributed by atoms with E-state index in [0.717, 1.165) is 24.0 Å².